The van der Waals surface area contributed by atoms with Gasteiger partial charge in [0, 0.05) is 11.7 Å². The zero-order valence-electron chi connectivity index (χ0n) is 11.5. The molecule has 1 spiro atoms. The molecule has 2 fully saturated rings. The highest BCUT2D eigenvalue weighted by atomic mass is 79.9. The Bertz CT molecular complexity index is 454. The van der Waals surface area contributed by atoms with Crippen molar-refractivity contribution in [1.82, 2.24) is 0 Å². The smallest absolute Gasteiger partial charge is 0.133 e. The minimum Gasteiger partial charge on any atom is -0.496 e. The molecule has 0 amide bonds. The van der Waals surface area contributed by atoms with E-state index >= 15 is 0 Å². The Morgan fingerprint density at radius 1 is 1.21 bits per heavy atom. The lowest BCUT2D eigenvalue weighted by Gasteiger charge is -2.52. The molecule has 0 saturated heterocycles. The van der Waals surface area contributed by atoms with E-state index in [0.717, 1.165) is 10.2 Å². The van der Waals surface area contributed by atoms with E-state index in [0.29, 0.717) is 11.5 Å². The van der Waals surface area contributed by atoms with E-state index in [1.54, 1.807) is 7.11 Å². The van der Waals surface area contributed by atoms with Gasteiger partial charge in [-0.2, -0.15) is 0 Å². The van der Waals surface area contributed by atoms with Gasteiger partial charge in [0.15, 0.2) is 0 Å². The third-order valence-electron chi connectivity index (χ3n) is 5.01. The van der Waals surface area contributed by atoms with Crippen LogP contribution in [-0.2, 0) is 0 Å². The monoisotopic (exact) mass is 323 g/mol. The Balaban J connectivity index is 1.69. The van der Waals surface area contributed by atoms with Crippen LogP contribution in [0.25, 0.3) is 0 Å². The van der Waals surface area contributed by atoms with E-state index in [1.807, 2.05) is 6.07 Å². The van der Waals surface area contributed by atoms with Crippen LogP contribution in [0.3, 0.4) is 0 Å². The summed E-state index contributed by atoms with van der Waals surface area (Å²) in [4.78, 5) is 0. The van der Waals surface area contributed by atoms with Gasteiger partial charge in [-0.25, -0.2) is 0 Å². The maximum Gasteiger partial charge on any atom is 0.133 e. The molecule has 2 aliphatic rings. The number of benzene rings is 1. The Morgan fingerprint density at radius 2 is 2.00 bits per heavy atom. The molecule has 1 N–H and O–H groups in total. The molecular weight excluding hydrogens is 302 g/mol. The van der Waals surface area contributed by atoms with Crippen LogP contribution in [0.4, 0.5) is 5.69 Å². The SMILES string of the molecule is COc1ccc(NC2CCC23CCCCC3)cc1Br. The van der Waals surface area contributed by atoms with Crippen LogP contribution in [0.2, 0.25) is 0 Å². The molecule has 1 aromatic carbocycles. The topological polar surface area (TPSA) is 21.3 Å². The normalized spacial score (nSPS) is 24.8. The number of anilines is 1. The van der Waals surface area contributed by atoms with Crippen molar-refractivity contribution >= 4 is 21.6 Å². The van der Waals surface area contributed by atoms with Crippen molar-refractivity contribution in [2.45, 2.75) is 51.0 Å². The molecule has 104 valence electrons. The number of methoxy groups -OCH3 is 1. The molecule has 0 aliphatic heterocycles. The summed E-state index contributed by atoms with van der Waals surface area (Å²) in [6.07, 6.45) is 9.85. The van der Waals surface area contributed by atoms with E-state index in [-0.39, 0.29) is 0 Å². The van der Waals surface area contributed by atoms with Gasteiger partial charge in [0.25, 0.3) is 0 Å². The second kappa shape index (κ2) is 5.35. The molecule has 2 nitrogen and oxygen atoms in total. The van der Waals surface area contributed by atoms with Crippen LogP contribution in [0.1, 0.15) is 44.9 Å². The fourth-order valence-corrected chi connectivity index (χ4v) is 4.27. The van der Waals surface area contributed by atoms with E-state index in [1.165, 1.54) is 50.6 Å². The first kappa shape index (κ1) is 13.3. The highest BCUT2D eigenvalue weighted by molar-refractivity contribution is 9.10. The van der Waals surface area contributed by atoms with Crippen molar-refractivity contribution < 1.29 is 4.74 Å². The van der Waals surface area contributed by atoms with Gasteiger partial charge in [-0.15, -0.1) is 0 Å². The van der Waals surface area contributed by atoms with Gasteiger partial charge < -0.3 is 10.1 Å². The Morgan fingerprint density at radius 3 is 2.58 bits per heavy atom. The van der Waals surface area contributed by atoms with E-state index in [9.17, 15) is 0 Å². The van der Waals surface area contributed by atoms with Crippen LogP contribution in [0.15, 0.2) is 22.7 Å². The average molecular weight is 324 g/mol. The first-order valence-corrected chi connectivity index (χ1v) is 8.13. The zero-order chi connectivity index (χ0) is 13.3. The lowest BCUT2D eigenvalue weighted by molar-refractivity contribution is 0.0571. The summed E-state index contributed by atoms with van der Waals surface area (Å²) in [5.41, 5.74) is 1.81. The fourth-order valence-electron chi connectivity index (χ4n) is 3.73. The molecule has 0 bridgehead atoms. The number of hydrogen-bond donors (Lipinski definition) is 1. The number of nitrogens with one attached hydrogen (secondary N) is 1. The van der Waals surface area contributed by atoms with Crippen molar-refractivity contribution in [2.75, 3.05) is 12.4 Å². The molecule has 3 heteroatoms. The third kappa shape index (κ3) is 2.49. The molecule has 0 radical (unpaired) electrons. The van der Waals surface area contributed by atoms with Gasteiger partial charge in [-0.1, -0.05) is 19.3 Å². The summed E-state index contributed by atoms with van der Waals surface area (Å²) >= 11 is 3.56. The van der Waals surface area contributed by atoms with Crippen LogP contribution in [-0.4, -0.2) is 13.2 Å². The van der Waals surface area contributed by atoms with Gasteiger partial charge in [0.05, 0.1) is 11.6 Å². The first-order chi connectivity index (χ1) is 9.23. The molecular formula is C16H22BrNO. The van der Waals surface area contributed by atoms with Crippen LogP contribution >= 0.6 is 15.9 Å². The molecule has 0 aromatic heterocycles. The molecule has 2 saturated carbocycles. The second-order valence-electron chi connectivity index (χ2n) is 6.01. The largest absolute Gasteiger partial charge is 0.496 e. The highest BCUT2D eigenvalue weighted by Crippen LogP contribution is 2.52. The standard InChI is InChI=1S/C16H22BrNO/c1-19-14-6-5-12(11-13(14)17)18-15-7-10-16(15)8-3-2-4-9-16/h5-6,11,15,18H,2-4,7-10H2,1H3. The van der Waals surface area contributed by atoms with Crippen LogP contribution in [0.5, 0.6) is 5.75 Å². The van der Waals surface area contributed by atoms with Crippen molar-refractivity contribution in [1.29, 1.82) is 0 Å². The molecule has 3 rings (SSSR count). The Hall–Kier alpha value is -0.700. The van der Waals surface area contributed by atoms with Crippen molar-refractivity contribution in [3.8, 4) is 5.75 Å². The number of halogens is 1. The first-order valence-electron chi connectivity index (χ1n) is 7.34. The maximum atomic E-state index is 5.28. The van der Waals surface area contributed by atoms with Gasteiger partial charge in [0.1, 0.15) is 5.75 Å². The van der Waals surface area contributed by atoms with E-state index in [2.05, 4.69) is 33.4 Å². The Labute approximate surface area is 124 Å². The Kier molecular flexibility index (Phi) is 3.75. The summed E-state index contributed by atoms with van der Waals surface area (Å²) in [5.74, 6) is 0.895. The summed E-state index contributed by atoms with van der Waals surface area (Å²) < 4.78 is 6.31. The van der Waals surface area contributed by atoms with Gasteiger partial charge in [-0.05, 0) is 65.2 Å². The second-order valence-corrected chi connectivity index (χ2v) is 6.86. The number of ether oxygens (including phenoxy) is 1. The summed E-state index contributed by atoms with van der Waals surface area (Å²) in [7, 11) is 1.70. The van der Waals surface area contributed by atoms with Crippen LogP contribution < -0.4 is 10.1 Å². The van der Waals surface area contributed by atoms with E-state index < -0.39 is 0 Å². The fraction of sp³-hybridized carbons (Fsp3) is 0.625. The van der Waals surface area contributed by atoms with Crippen LogP contribution in [0, 0.1) is 5.41 Å². The average Bonchev–Trinajstić information content (AvgIpc) is 2.45. The minimum atomic E-state index is 0.602. The number of rotatable bonds is 3. The predicted molar refractivity (Wildman–Crippen MR) is 82.9 cm³/mol. The number of hydrogen-bond acceptors (Lipinski definition) is 2. The molecule has 1 atom stereocenters. The van der Waals surface area contributed by atoms with Gasteiger partial charge in [-0.3, -0.25) is 0 Å². The quantitative estimate of drug-likeness (QED) is 0.846. The highest BCUT2D eigenvalue weighted by Gasteiger charge is 2.46. The zero-order valence-corrected chi connectivity index (χ0v) is 13.1. The molecule has 1 unspecified atom stereocenters. The minimum absolute atomic E-state index is 0.602. The van der Waals surface area contributed by atoms with Gasteiger partial charge in [0.2, 0.25) is 0 Å². The van der Waals surface area contributed by atoms with Crippen molar-refractivity contribution in [3.63, 3.8) is 0 Å². The molecule has 2 aliphatic carbocycles. The summed E-state index contributed by atoms with van der Waals surface area (Å²) in [5, 5.41) is 3.75. The lowest BCUT2D eigenvalue weighted by Crippen LogP contribution is -2.50. The molecule has 1 aromatic rings. The maximum absolute atomic E-state index is 5.28. The predicted octanol–water partition coefficient (Wildman–Crippen LogP) is 4.98. The van der Waals surface area contributed by atoms with Gasteiger partial charge >= 0.3 is 0 Å². The van der Waals surface area contributed by atoms with E-state index in [4.69, 9.17) is 4.74 Å². The molecule has 0 heterocycles. The lowest BCUT2D eigenvalue weighted by atomic mass is 9.57. The third-order valence-corrected chi connectivity index (χ3v) is 5.63. The van der Waals surface area contributed by atoms with Crippen molar-refractivity contribution in [2.24, 2.45) is 5.41 Å². The van der Waals surface area contributed by atoms with Crippen molar-refractivity contribution in [3.05, 3.63) is 22.7 Å². The summed E-state index contributed by atoms with van der Waals surface area (Å²) in [6.45, 7) is 0. The molecule has 19 heavy (non-hydrogen) atoms. The summed E-state index contributed by atoms with van der Waals surface area (Å²) in [6, 6.07) is 6.96.